The lowest BCUT2D eigenvalue weighted by Crippen LogP contribution is -2.41. The molecule has 0 radical (unpaired) electrons. The van der Waals surface area contributed by atoms with Gasteiger partial charge in [-0.05, 0) is 36.8 Å². The zero-order valence-corrected chi connectivity index (χ0v) is 15.5. The second kappa shape index (κ2) is 6.92. The van der Waals surface area contributed by atoms with Crippen molar-refractivity contribution in [2.24, 2.45) is 0 Å². The summed E-state index contributed by atoms with van der Waals surface area (Å²) in [5.41, 5.74) is 0.633. The van der Waals surface area contributed by atoms with E-state index in [1.807, 2.05) is 6.92 Å². The largest absolute Gasteiger partial charge is 0.482 e. The molecule has 3 rings (SSSR count). The maximum absolute atomic E-state index is 12.8. The van der Waals surface area contributed by atoms with Crippen LogP contribution in [-0.2, 0) is 10.0 Å². The Kier molecular flexibility index (Phi) is 5.02. The van der Waals surface area contributed by atoms with Crippen LogP contribution in [0.2, 0.25) is 10.0 Å². The minimum Gasteiger partial charge on any atom is -0.482 e. The van der Waals surface area contributed by atoms with Crippen LogP contribution in [0.25, 0.3) is 0 Å². The molecule has 25 heavy (non-hydrogen) atoms. The van der Waals surface area contributed by atoms with Gasteiger partial charge < -0.3 is 15.2 Å². The molecule has 3 N–H and O–H groups in total. The van der Waals surface area contributed by atoms with Gasteiger partial charge in [-0.15, -0.1) is 0 Å². The highest BCUT2D eigenvalue weighted by Crippen LogP contribution is 2.40. The highest BCUT2D eigenvalue weighted by atomic mass is 35.5. The summed E-state index contributed by atoms with van der Waals surface area (Å²) in [6, 6.07) is 9.16. The van der Waals surface area contributed by atoms with Crippen molar-refractivity contribution >= 4 is 44.6 Å². The molecule has 0 bridgehead atoms. The van der Waals surface area contributed by atoms with Gasteiger partial charge in [-0.25, -0.2) is 8.42 Å². The Labute approximate surface area is 155 Å². The first-order valence-corrected chi connectivity index (χ1v) is 9.77. The van der Waals surface area contributed by atoms with E-state index >= 15 is 0 Å². The number of rotatable bonds is 4. The van der Waals surface area contributed by atoms with Gasteiger partial charge in [0.1, 0.15) is 11.0 Å². The molecule has 6 nitrogen and oxygen atoms in total. The van der Waals surface area contributed by atoms with Crippen LogP contribution in [0.15, 0.2) is 41.3 Å². The molecule has 9 heteroatoms. The zero-order chi connectivity index (χ0) is 18.2. The summed E-state index contributed by atoms with van der Waals surface area (Å²) < 4.78 is 33.8. The van der Waals surface area contributed by atoms with E-state index in [-0.39, 0.29) is 15.7 Å². The summed E-state index contributed by atoms with van der Waals surface area (Å²) in [4.78, 5) is -0.118. The first kappa shape index (κ1) is 18.1. The maximum atomic E-state index is 12.8. The van der Waals surface area contributed by atoms with Crippen molar-refractivity contribution in [1.29, 1.82) is 0 Å². The van der Waals surface area contributed by atoms with E-state index in [1.54, 1.807) is 18.2 Å². The van der Waals surface area contributed by atoms with Gasteiger partial charge in [0.15, 0.2) is 12.0 Å². The number of hydrogen-bond acceptors (Lipinski definition) is 5. The molecule has 0 saturated carbocycles. The standard InChI is InChI=1S/C16H16Cl2N2O4S/c1-2-13-16(21)19-12-7-10(18)8-14(15(12)24-13)25(22,23)20-11-5-3-4-9(17)6-11/h3-8,13,16,19-21H,2H2,1H3. The molecule has 2 unspecified atom stereocenters. The fraction of sp³-hybridized carbons (Fsp3) is 0.250. The third kappa shape index (κ3) is 3.79. The first-order chi connectivity index (χ1) is 11.8. The quantitative estimate of drug-likeness (QED) is 0.725. The number of nitrogens with one attached hydrogen (secondary N) is 2. The Morgan fingerprint density at radius 2 is 2.00 bits per heavy atom. The lowest BCUT2D eigenvalue weighted by atomic mass is 10.1. The van der Waals surface area contributed by atoms with Crippen LogP contribution in [0.4, 0.5) is 11.4 Å². The number of halogens is 2. The smallest absolute Gasteiger partial charge is 0.265 e. The minimum atomic E-state index is -3.98. The van der Waals surface area contributed by atoms with Crippen LogP contribution in [0.1, 0.15) is 13.3 Å². The highest BCUT2D eigenvalue weighted by molar-refractivity contribution is 7.92. The first-order valence-electron chi connectivity index (χ1n) is 7.53. The summed E-state index contributed by atoms with van der Waals surface area (Å²) in [5, 5.41) is 13.4. The van der Waals surface area contributed by atoms with E-state index in [2.05, 4.69) is 10.0 Å². The van der Waals surface area contributed by atoms with E-state index in [9.17, 15) is 13.5 Å². The number of ether oxygens (including phenoxy) is 1. The Balaban J connectivity index is 2.04. The highest BCUT2D eigenvalue weighted by Gasteiger charge is 2.32. The molecule has 2 aromatic carbocycles. The lowest BCUT2D eigenvalue weighted by Gasteiger charge is -2.32. The number of anilines is 2. The van der Waals surface area contributed by atoms with Crippen molar-refractivity contribution in [3.8, 4) is 5.75 Å². The summed E-state index contributed by atoms with van der Waals surface area (Å²) >= 11 is 11.9. The van der Waals surface area contributed by atoms with Crippen LogP contribution in [0, 0.1) is 0 Å². The molecular weight excluding hydrogens is 387 g/mol. The average molecular weight is 403 g/mol. The average Bonchev–Trinajstić information content (AvgIpc) is 2.53. The molecule has 0 amide bonds. The van der Waals surface area contributed by atoms with Crippen LogP contribution < -0.4 is 14.8 Å². The molecule has 0 saturated heterocycles. The van der Waals surface area contributed by atoms with E-state index in [0.717, 1.165) is 0 Å². The van der Waals surface area contributed by atoms with Crippen molar-refractivity contribution in [3.63, 3.8) is 0 Å². The fourth-order valence-electron chi connectivity index (χ4n) is 2.53. The van der Waals surface area contributed by atoms with Crippen molar-refractivity contribution in [2.45, 2.75) is 30.6 Å². The van der Waals surface area contributed by atoms with E-state index in [1.165, 1.54) is 18.2 Å². The van der Waals surface area contributed by atoms with E-state index in [0.29, 0.717) is 22.8 Å². The minimum absolute atomic E-state index is 0.118. The van der Waals surface area contributed by atoms with Gasteiger partial charge in [-0.2, -0.15) is 0 Å². The Bertz CT molecular complexity index is 905. The van der Waals surface area contributed by atoms with Crippen LogP contribution in [-0.4, -0.2) is 25.9 Å². The molecule has 0 fully saturated rings. The number of aliphatic hydroxyl groups is 1. The summed E-state index contributed by atoms with van der Waals surface area (Å²) in [5.74, 6) is 0.121. The molecule has 1 aliphatic heterocycles. The molecule has 1 aliphatic rings. The number of hydrogen-bond donors (Lipinski definition) is 3. The molecule has 2 atom stereocenters. The number of sulfonamides is 1. The maximum Gasteiger partial charge on any atom is 0.265 e. The third-order valence-corrected chi connectivity index (χ3v) is 5.55. The van der Waals surface area contributed by atoms with Crippen molar-refractivity contribution in [1.82, 2.24) is 0 Å². The summed E-state index contributed by atoms with van der Waals surface area (Å²) in [6.45, 7) is 1.83. The molecule has 1 heterocycles. The van der Waals surface area contributed by atoms with Crippen molar-refractivity contribution < 1.29 is 18.3 Å². The van der Waals surface area contributed by atoms with Crippen molar-refractivity contribution in [2.75, 3.05) is 10.0 Å². The topological polar surface area (TPSA) is 87.7 Å². The number of fused-ring (bicyclic) bond motifs is 1. The summed E-state index contributed by atoms with van der Waals surface area (Å²) in [7, 11) is -3.98. The second-order valence-corrected chi connectivity index (χ2v) is 8.07. The van der Waals surface area contributed by atoms with Crippen LogP contribution in [0.3, 0.4) is 0 Å². The van der Waals surface area contributed by atoms with Gasteiger partial charge in [0.05, 0.1) is 11.4 Å². The number of benzene rings is 2. The summed E-state index contributed by atoms with van der Waals surface area (Å²) in [6.07, 6.45) is -1.03. The van der Waals surface area contributed by atoms with Gasteiger partial charge in [-0.3, -0.25) is 4.72 Å². The molecule has 2 aromatic rings. The van der Waals surface area contributed by atoms with Crippen molar-refractivity contribution in [3.05, 3.63) is 46.4 Å². The normalized spacial score (nSPS) is 19.5. The van der Waals surface area contributed by atoms with E-state index < -0.39 is 22.4 Å². The fourth-order valence-corrected chi connectivity index (χ4v) is 4.24. The van der Waals surface area contributed by atoms with Crippen LogP contribution in [0.5, 0.6) is 5.75 Å². The monoisotopic (exact) mass is 402 g/mol. The van der Waals surface area contributed by atoms with Gasteiger partial charge in [0, 0.05) is 10.0 Å². The molecule has 0 aromatic heterocycles. The Hall–Kier alpha value is -1.67. The molecule has 0 aliphatic carbocycles. The van der Waals surface area contributed by atoms with Gasteiger partial charge in [0.2, 0.25) is 0 Å². The molecular formula is C16H16Cl2N2O4S. The van der Waals surface area contributed by atoms with Crippen LogP contribution >= 0.6 is 23.2 Å². The molecule has 0 spiro atoms. The predicted octanol–water partition coefficient (Wildman–Crippen LogP) is 3.70. The predicted molar refractivity (Wildman–Crippen MR) is 98.0 cm³/mol. The van der Waals surface area contributed by atoms with Gasteiger partial charge >= 0.3 is 0 Å². The van der Waals surface area contributed by atoms with Gasteiger partial charge in [0.25, 0.3) is 10.0 Å². The third-order valence-electron chi connectivity index (χ3n) is 3.71. The van der Waals surface area contributed by atoms with Gasteiger partial charge in [-0.1, -0.05) is 36.2 Å². The Morgan fingerprint density at radius 1 is 1.24 bits per heavy atom. The Morgan fingerprint density at radius 3 is 2.68 bits per heavy atom. The SMILES string of the molecule is CCC1Oc2c(cc(Cl)cc2S(=O)(=O)Nc2cccc(Cl)c2)NC1O. The molecule has 134 valence electrons. The number of aliphatic hydroxyl groups excluding tert-OH is 1. The van der Waals surface area contributed by atoms with E-state index in [4.69, 9.17) is 27.9 Å². The lowest BCUT2D eigenvalue weighted by molar-refractivity contribution is 0.0408. The second-order valence-electron chi connectivity index (χ2n) is 5.55. The zero-order valence-electron chi connectivity index (χ0n) is 13.2.